The molecule has 3 N–H and O–H groups in total. The molecule has 2 rings (SSSR count). The first kappa shape index (κ1) is 20.3. The van der Waals surface area contributed by atoms with Gasteiger partial charge in [-0.1, -0.05) is 85.1 Å². The van der Waals surface area contributed by atoms with Crippen molar-refractivity contribution < 1.29 is 9.90 Å². The first-order chi connectivity index (χ1) is 12.9. The molecule has 0 aliphatic carbocycles. The highest BCUT2D eigenvalue weighted by Gasteiger charge is 2.11. The lowest BCUT2D eigenvalue weighted by Crippen LogP contribution is -2.43. The van der Waals surface area contributed by atoms with E-state index in [2.05, 4.69) is 10.9 Å². The lowest BCUT2D eigenvalue weighted by atomic mass is 10.2. The normalized spacial score (nSPS) is 10.7. The van der Waals surface area contributed by atoms with Gasteiger partial charge < -0.3 is 5.11 Å². The molecule has 8 heteroatoms. The van der Waals surface area contributed by atoms with Gasteiger partial charge in [0.1, 0.15) is 9.98 Å². The van der Waals surface area contributed by atoms with Crippen LogP contribution in [0.15, 0.2) is 72.6 Å². The van der Waals surface area contributed by atoms with Crippen molar-refractivity contribution in [2.24, 2.45) is 0 Å². The first-order valence-corrected chi connectivity index (χ1v) is 8.84. The van der Waals surface area contributed by atoms with Crippen LogP contribution >= 0.6 is 24.4 Å². The largest absolute Gasteiger partial charge is 0.494 e. The molecular formula is C19H20N4O2S2. The van der Waals surface area contributed by atoms with E-state index in [4.69, 9.17) is 24.4 Å². The quantitative estimate of drug-likeness (QED) is 0.308. The molecule has 0 aromatic heterocycles. The van der Waals surface area contributed by atoms with Gasteiger partial charge >= 0.3 is 0 Å². The third-order valence-corrected chi connectivity index (χ3v) is 4.50. The average Bonchev–Trinajstić information content (AvgIpc) is 2.67. The van der Waals surface area contributed by atoms with Crippen molar-refractivity contribution in [1.82, 2.24) is 20.9 Å². The summed E-state index contributed by atoms with van der Waals surface area (Å²) in [4.78, 5) is 13.0. The van der Waals surface area contributed by atoms with Crippen molar-refractivity contribution in [2.75, 3.05) is 14.1 Å². The van der Waals surface area contributed by atoms with E-state index >= 15 is 0 Å². The molecule has 0 saturated carbocycles. The molecule has 0 radical (unpaired) electrons. The van der Waals surface area contributed by atoms with Gasteiger partial charge in [-0.25, -0.2) is 0 Å². The molecule has 0 aliphatic heterocycles. The van der Waals surface area contributed by atoms with Crippen LogP contribution in [0.3, 0.4) is 0 Å². The second kappa shape index (κ2) is 9.65. The van der Waals surface area contributed by atoms with Gasteiger partial charge in [-0.2, -0.15) is 0 Å². The molecule has 0 heterocycles. The summed E-state index contributed by atoms with van der Waals surface area (Å²) in [5, 5.41) is 12.8. The van der Waals surface area contributed by atoms with E-state index < -0.39 is 5.91 Å². The summed E-state index contributed by atoms with van der Waals surface area (Å²) in [7, 11) is 3.27. The Balaban J connectivity index is 1.92. The summed E-state index contributed by atoms with van der Waals surface area (Å²) in [5.41, 5.74) is 6.82. The number of hydrazine groups is 2. The molecule has 0 bridgehead atoms. The summed E-state index contributed by atoms with van der Waals surface area (Å²) in [5.74, 6) is -0.896. The van der Waals surface area contributed by atoms with Gasteiger partial charge in [0, 0.05) is 25.2 Å². The fraction of sp³-hybridized carbons (Fsp3) is 0.105. The number of nitrogens with one attached hydrogen (secondary N) is 2. The van der Waals surface area contributed by atoms with Crippen LogP contribution in [0.2, 0.25) is 0 Å². The van der Waals surface area contributed by atoms with Crippen molar-refractivity contribution in [1.29, 1.82) is 0 Å². The highest BCUT2D eigenvalue weighted by molar-refractivity contribution is 7.80. The van der Waals surface area contributed by atoms with Crippen LogP contribution in [0, 0.1) is 0 Å². The Kier molecular flexibility index (Phi) is 7.27. The van der Waals surface area contributed by atoms with Gasteiger partial charge in [0.15, 0.2) is 0 Å². The topological polar surface area (TPSA) is 67.8 Å². The molecule has 0 fully saturated rings. The van der Waals surface area contributed by atoms with Crippen LogP contribution < -0.4 is 10.9 Å². The van der Waals surface area contributed by atoms with Gasteiger partial charge in [-0.3, -0.25) is 25.7 Å². The van der Waals surface area contributed by atoms with E-state index in [9.17, 15) is 9.90 Å². The molecular weight excluding hydrogens is 380 g/mol. The highest BCUT2D eigenvalue weighted by Crippen LogP contribution is 2.04. The number of aliphatic hydroxyl groups excluding tert-OH is 1. The van der Waals surface area contributed by atoms with E-state index in [1.807, 2.05) is 60.7 Å². The molecule has 140 valence electrons. The minimum atomic E-state index is -0.542. The number of rotatable bonds is 5. The first-order valence-electron chi connectivity index (χ1n) is 8.02. The zero-order valence-corrected chi connectivity index (χ0v) is 16.6. The number of hydrogen-bond acceptors (Lipinski definition) is 5. The minimum Gasteiger partial charge on any atom is -0.494 e. The molecule has 0 spiro atoms. The van der Waals surface area contributed by atoms with Crippen LogP contribution in [-0.4, -0.2) is 45.1 Å². The third kappa shape index (κ3) is 6.05. The summed E-state index contributed by atoms with van der Waals surface area (Å²) < 4.78 is 0. The number of amides is 1. The van der Waals surface area contributed by atoms with E-state index in [0.29, 0.717) is 9.98 Å². The van der Waals surface area contributed by atoms with Crippen molar-refractivity contribution in [3.63, 3.8) is 0 Å². The van der Waals surface area contributed by atoms with Gasteiger partial charge in [-0.05, 0) is 0 Å². The minimum absolute atomic E-state index is 0.354. The van der Waals surface area contributed by atoms with Gasteiger partial charge in [0.2, 0.25) is 5.88 Å². The molecule has 2 aromatic rings. The van der Waals surface area contributed by atoms with Crippen molar-refractivity contribution in [3.8, 4) is 0 Å². The van der Waals surface area contributed by atoms with Crippen LogP contribution in [0.25, 0.3) is 0 Å². The number of carbonyl (C=O) groups excluding carboxylic acids is 1. The Bertz CT molecular complexity index is 841. The van der Waals surface area contributed by atoms with Crippen LogP contribution in [0.5, 0.6) is 0 Å². The van der Waals surface area contributed by atoms with E-state index in [1.54, 1.807) is 14.1 Å². The number of thiocarbonyl (C=S) groups is 2. The molecule has 0 saturated heterocycles. The lowest BCUT2D eigenvalue weighted by Gasteiger charge is -2.22. The molecule has 0 unspecified atom stereocenters. The SMILES string of the molecule is CN(NC(=O)/C=C(\O)NN(C)C(=S)c1ccccc1)C(=S)c1ccccc1. The Labute approximate surface area is 169 Å². The number of benzene rings is 2. The Morgan fingerprint density at radius 2 is 1.26 bits per heavy atom. The summed E-state index contributed by atoms with van der Waals surface area (Å²) in [6.07, 6.45) is 1.01. The van der Waals surface area contributed by atoms with Crippen LogP contribution in [0.4, 0.5) is 0 Å². The summed E-state index contributed by atoms with van der Waals surface area (Å²) in [6.45, 7) is 0. The summed E-state index contributed by atoms with van der Waals surface area (Å²) >= 11 is 10.7. The standard InChI is InChI=1S/C19H20N4O2S2/c1-22(18(26)14-9-5-3-6-10-14)20-16(24)13-17(25)21-23(2)19(27)15-11-7-4-8-12-15/h3-13,20,24H,1-2H3,(H,21,25)/b16-13-. The Morgan fingerprint density at radius 1 is 0.852 bits per heavy atom. The van der Waals surface area contributed by atoms with E-state index in [0.717, 1.165) is 17.2 Å². The fourth-order valence-electron chi connectivity index (χ4n) is 2.18. The zero-order valence-electron chi connectivity index (χ0n) is 14.9. The highest BCUT2D eigenvalue weighted by atomic mass is 32.1. The van der Waals surface area contributed by atoms with Gasteiger partial charge in [0.25, 0.3) is 5.91 Å². The lowest BCUT2D eigenvalue weighted by molar-refractivity contribution is -0.119. The molecule has 2 aromatic carbocycles. The maximum absolute atomic E-state index is 12.1. The second-order valence-corrected chi connectivity index (χ2v) is 6.35. The fourth-order valence-corrected chi connectivity index (χ4v) is 2.54. The predicted molar refractivity (Wildman–Crippen MR) is 114 cm³/mol. The molecule has 1 amide bonds. The maximum Gasteiger partial charge on any atom is 0.267 e. The smallest absolute Gasteiger partial charge is 0.267 e. The van der Waals surface area contributed by atoms with Gasteiger partial charge in [-0.15, -0.1) is 0 Å². The number of carbonyl (C=O) groups is 1. The maximum atomic E-state index is 12.1. The molecule has 0 atom stereocenters. The average molecular weight is 401 g/mol. The van der Waals surface area contributed by atoms with Crippen molar-refractivity contribution >= 4 is 40.3 Å². The number of nitrogens with zero attached hydrogens (tertiary/aromatic N) is 2. The molecule has 27 heavy (non-hydrogen) atoms. The van der Waals surface area contributed by atoms with Crippen LogP contribution in [-0.2, 0) is 4.79 Å². The molecule has 6 nitrogen and oxygen atoms in total. The van der Waals surface area contributed by atoms with Gasteiger partial charge in [0.05, 0.1) is 6.08 Å². The Hall–Kier alpha value is -2.97. The van der Waals surface area contributed by atoms with Crippen LogP contribution in [0.1, 0.15) is 11.1 Å². The molecule has 0 aliphatic rings. The third-order valence-electron chi connectivity index (χ3n) is 3.48. The second-order valence-electron chi connectivity index (χ2n) is 5.58. The zero-order chi connectivity index (χ0) is 19.8. The van der Waals surface area contributed by atoms with Crippen molar-refractivity contribution in [2.45, 2.75) is 0 Å². The van der Waals surface area contributed by atoms with Crippen molar-refractivity contribution in [3.05, 3.63) is 83.7 Å². The van der Waals surface area contributed by atoms with E-state index in [1.165, 1.54) is 10.0 Å². The van der Waals surface area contributed by atoms with E-state index in [-0.39, 0.29) is 5.88 Å². The monoisotopic (exact) mass is 400 g/mol. The number of aliphatic hydroxyl groups is 1. The number of hydrogen-bond donors (Lipinski definition) is 3. The summed E-state index contributed by atoms with van der Waals surface area (Å²) in [6, 6.07) is 18.6. The Morgan fingerprint density at radius 3 is 1.70 bits per heavy atom. The predicted octanol–water partition coefficient (Wildman–Crippen LogP) is 2.54.